The van der Waals surface area contributed by atoms with E-state index in [0.717, 1.165) is 0 Å². The van der Waals surface area contributed by atoms with Crippen LogP contribution in [0.1, 0.15) is 5.56 Å². The quantitative estimate of drug-likeness (QED) is 0.830. The summed E-state index contributed by atoms with van der Waals surface area (Å²) < 4.78 is 39.3. The number of hydrogen-bond donors (Lipinski definition) is 1. The van der Waals surface area contributed by atoms with E-state index in [1.807, 2.05) is 6.07 Å². The molecule has 0 aromatic heterocycles. The molecule has 0 bridgehead atoms. The number of rotatable bonds is 2. The molecule has 0 aliphatic carbocycles. The Kier molecular flexibility index (Phi) is 3.63. The number of hydrogen-bond acceptors (Lipinski definition) is 2. The van der Waals surface area contributed by atoms with Gasteiger partial charge in [-0.15, -0.1) is 0 Å². The fourth-order valence-corrected chi connectivity index (χ4v) is 1.65. The normalized spacial score (nSPS) is 10.1. The van der Waals surface area contributed by atoms with Crippen LogP contribution in [-0.4, -0.2) is 0 Å². The van der Waals surface area contributed by atoms with E-state index in [4.69, 9.17) is 16.9 Å². The lowest BCUT2D eigenvalue weighted by atomic mass is 10.2. The first-order valence-electron chi connectivity index (χ1n) is 5.12. The van der Waals surface area contributed by atoms with Gasteiger partial charge in [-0.05, 0) is 18.2 Å². The maximum atomic E-state index is 13.5. The molecule has 1 N–H and O–H groups in total. The van der Waals surface area contributed by atoms with Crippen molar-refractivity contribution in [2.45, 2.75) is 0 Å². The van der Waals surface area contributed by atoms with E-state index < -0.39 is 17.5 Å². The van der Waals surface area contributed by atoms with Crippen LogP contribution in [0.2, 0.25) is 5.02 Å². The highest BCUT2D eigenvalue weighted by Gasteiger charge is 2.11. The third-order valence-corrected chi connectivity index (χ3v) is 2.62. The summed E-state index contributed by atoms with van der Waals surface area (Å²) in [5.41, 5.74) is 0.145. The van der Waals surface area contributed by atoms with Gasteiger partial charge in [-0.1, -0.05) is 11.6 Å². The van der Waals surface area contributed by atoms with E-state index in [1.54, 1.807) is 0 Å². The maximum Gasteiger partial charge on any atom is 0.161 e. The molecular formula is C13H6ClF3N2. The molecule has 6 heteroatoms. The molecule has 0 saturated carbocycles. The van der Waals surface area contributed by atoms with E-state index in [9.17, 15) is 13.2 Å². The zero-order chi connectivity index (χ0) is 14.0. The van der Waals surface area contributed by atoms with Crippen LogP contribution >= 0.6 is 11.6 Å². The van der Waals surface area contributed by atoms with Crippen molar-refractivity contribution in [2.24, 2.45) is 0 Å². The van der Waals surface area contributed by atoms with Crippen molar-refractivity contribution >= 4 is 23.0 Å². The zero-order valence-corrected chi connectivity index (χ0v) is 10.1. The van der Waals surface area contributed by atoms with Crippen LogP contribution < -0.4 is 5.32 Å². The Morgan fingerprint density at radius 3 is 2.32 bits per heavy atom. The smallest absolute Gasteiger partial charge is 0.161 e. The highest BCUT2D eigenvalue weighted by Crippen LogP contribution is 2.26. The molecule has 0 spiro atoms. The molecule has 19 heavy (non-hydrogen) atoms. The van der Waals surface area contributed by atoms with Gasteiger partial charge in [-0.2, -0.15) is 5.26 Å². The largest absolute Gasteiger partial charge is 0.352 e. The van der Waals surface area contributed by atoms with Crippen LogP contribution in [-0.2, 0) is 0 Å². The Morgan fingerprint density at radius 2 is 1.63 bits per heavy atom. The molecule has 2 nitrogen and oxygen atoms in total. The second-order valence-electron chi connectivity index (χ2n) is 3.67. The SMILES string of the molecule is N#Cc1cc(Cl)ccc1Nc1cc(F)c(F)cc1F. The number of nitrogens with zero attached hydrogens (tertiary/aromatic N) is 1. The van der Waals surface area contributed by atoms with Gasteiger partial charge in [0.1, 0.15) is 11.9 Å². The van der Waals surface area contributed by atoms with Gasteiger partial charge in [0.2, 0.25) is 0 Å². The summed E-state index contributed by atoms with van der Waals surface area (Å²) in [6.45, 7) is 0. The van der Waals surface area contributed by atoms with Crippen LogP contribution in [0.4, 0.5) is 24.5 Å². The van der Waals surface area contributed by atoms with Crippen LogP contribution in [0.5, 0.6) is 0 Å². The molecule has 0 aliphatic heterocycles. The van der Waals surface area contributed by atoms with Crippen molar-refractivity contribution in [1.29, 1.82) is 5.26 Å². The fourth-order valence-electron chi connectivity index (χ4n) is 1.48. The highest BCUT2D eigenvalue weighted by atomic mass is 35.5. The summed E-state index contributed by atoms with van der Waals surface area (Å²) in [5.74, 6) is -3.42. The first-order valence-corrected chi connectivity index (χ1v) is 5.50. The minimum Gasteiger partial charge on any atom is -0.352 e. The highest BCUT2D eigenvalue weighted by molar-refractivity contribution is 6.30. The van der Waals surface area contributed by atoms with Crippen molar-refractivity contribution in [3.8, 4) is 6.07 Å². The Balaban J connectivity index is 2.42. The van der Waals surface area contributed by atoms with Gasteiger partial charge in [-0.25, -0.2) is 13.2 Å². The molecule has 0 amide bonds. The summed E-state index contributed by atoms with van der Waals surface area (Å²) in [6, 6.07) is 7.29. The monoisotopic (exact) mass is 282 g/mol. The number of nitrogens with one attached hydrogen (secondary N) is 1. The first kappa shape index (κ1) is 13.2. The Bertz CT molecular complexity index is 680. The molecule has 2 aromatic rings. The Morgan fingerprint density at radius 1 is 0.947 bits per heavy atom. The van der Waals surface area contributed by atoms with Crippen molar-refractivity contribution in [1.82, 2.24) is 0 Å². The van der Waals surface area contributed by atoms with E-state index in [0.29, 0.717) is 17.2 Å². The number of benzene rings is 2. The minimum absolute atomic E-state index is 0.164. The number of anilines is 2. The minimum atomic E-state index is -1.28. The summed E-state index contributed by atoms with van der Waals surface area (Å²) in [7, 11) is 0. The molecule has 0 radical (unpaired) electrons. The van der Waals surface area contributed by atoms with Crippen LogP contribution in [0, 0.1) is 28.8 Å². The predicted octanol–water partition coefficient (Wildman–Crippen LogP) is 4.37. The van der Waals surface area contributed by atoms with Crippen LogP contribution in [0.15, 0.2) is 30.3 Å². The zero-order valence-electron chi connectivity index (χ0n) is 9.35. The standard InChI is InChI=1S/C13H6ClF3N2/c14-8-1-2-12(7(3-8)6-18)19-13-5-10(16)9(15)4-11(13)17/h1-5,19H. The lowest BCUT2D eigenvalue weighted by Gasteiger charge is -2.10. The van der Waals surface area contributed by atoms with Crippen LogP contribution in [0.3, 0.4) is 0 Å². The summed E-state index contributed by atoms with van der Waals surface area (Å²) in [6.07, 6.45) is 0. The molecule has 2 rings (SSSR count). The van der Waals surface area contributed by atoms with Gasteiger partial charge in [0.05, 0.1) is 16.9 Å². The Hall–Kier alpha value is -2.19. The molecule has 0 atom stereocenters. The molecule has 0 saturated heterocycles. The molecule has 0 aliphatic rings. The van der Waals surface area contributed by atoms with Gasteiger partial charge in [0, 0.05) is 17.2 Å². The van der Waals surface area contributed by atoms with E-state index in [-0.39, 0.29) is 16.9 Å². The van der Waals surface area contributed by atoms with Crippen molar-refractivity contribution in [2.75, 3.05) is 5.32 Å². The number of nitriles is 1. The van der Waals surface area contributed by atoms with Gasteiger partial charge in [0.15, 0.2) is 11.6 Å². The lowest BCUT2D eigenvalue weighted by molar-refractivity contribution is 0.496. The topological polar surface area (TPSA) is 35.8 Å². The molecule has 96 valence electrons. The third-order valence-electron chi connectivity index (χ3n) is 2.38. The Labute approximate surface area is 112 Å². The van der Waals surface area contributed by atoms with E-state index in [2.05, 4.69) is 5.32 Å². The maximum absolute atomic E-state index is 13.5. The molecule has 0 fully saturated rings. The molecular weight excluding hydrogens is 277 g/mol. The van der Waals surface area contributed by atoms with Crippen molar-refractivity contribution < 1.29 is 13.2 Å². The van der Waals surface area contributed by atoms with Crippen molar-refractivity contribution in [3.63, 3.8) is 0 Å². The third kappa shape index (κ3) is 2.80. The molecule has 2 aromatic carbocycles. The van der Waals surface area contributed by atoms with Gasteiger partial charge >= 0.3 is 0 Å². The average molecular weight is 283 g/mol. The van der Waals surface area contributed by atoms with E-state index in [1.165, 1.54) is 18.2 Å². The van der Waals surface area contributed by atoms with Gasteiger partial charge < -0.3 is 5.32 Å². The average Bonchev–Trinajstić information content (AvgIpc) is 2.37. The summed E-state index contributed by atoms with van der Waals surface area (Å²) in [5, 5.41) is 11.8. The molecule has 0 heterocycles. The van der Waals surface area contributed by atoms with Gasteiger partial charge in [-0.3, -0.25) is 0 Å². The van der Waals surface area contributed by atoms with Gasteiger partial charge in [0.25, 0.3) is 0 Å². The summed E-state index contributed by atoms with van der Waals surface area (Å²) >= 11 is 5.71. The fraction of sp³-hybridized carbons (Fsp3) is 0. The second kappa shape index (κ2) is 5.21. The lowest BCUT2D eigenvalue weighted by Crippen LogP contribution is -1.99. The number of halogens is 4. The second-order valence-corrected chi connectivity index (χ2v) is 4.11. The molecule has 0 unspecified atom stereocenters. The van der Waals surface area contributed by atoms with Crippen molar-refractivity contribution in [3.05, 3.63) is 58.4 Å². The predicted molar refractivity (Wildman–Crippen MR) is 65.8 cm³/mol. The summed E-state index contributed by atoms with van der Waals surface area (Å²) in [4.78, 5) is 0. The van der Waals surface area contributed by atoms with Crippen LogP contribution in [0.25, 0.3) is 0 Å². The van der Waals surface area contributed by atoms with E-state index >= 15 is 0 Å². The first-order chi connectivity index (χ1) is 9.01.